The maximum atomic E-state index is 6.13. The second-order valence-corrected chi connectivity index (χ2v) is 5.80. The van der Waals surface area contributed by atoms with E-state index in [9.17, 15) is 0 Å². The van der Waals surface area contributed by atoms with Gasteiger partial charge in [0.1, 0.15) is 0 Å². The van der Waals surface area contributed by atoms with Gasteiger partial charge in [-0.05, 0) is 48.6 Å². The fourth-order valence-corrected chi connectivity index (χ4v) is 3.42. The van der Waals surface area contributed by atoms with Crippen LogP contribution in [-0.2, 0) is 0 Å². The van der Waals surface area contributed by atoms with Crippen LogP contribution in [0, 0.1) is 5.92 Å². The number of piperidine rings is 1. The molecule has 1 aromatic rings. The van der Waals surface area contributed by atoms with Crippen LogP contribution in [0.1, 0.15) is 38.8 Å². The quantitative estimate of drug-likeness (QED) is 0.858. The molecule has 1 saturated heterocycles. The van der Waals surface area contributed by atoms with E-state index in [0.29, 0.717) is 24.0 Å². The molecule has 3 heteroatoms. The minimum absolute atomic E-state index is 0.376. The van der Waals surface area contributed by atoms with Gasteiger partial charge in [0, 0.05) is 24.7 Å². The van der Waals surface area contributed by atoms with E-state index in [-0.39, 0.29) is 0 Å². The molecule has 2 nitrogen and oxygen atoms in total. The van der Waals surface area contributed by atoms with E-state index in [1.54, 1.807) is 11.3 Å². The van der Waals surface area contributed by atoms with Crippen molar-refractivity contribution in [2.24, 2.45) is 11.7 Å². The molecule has 0 bridgehead atoms. The molecule has 90 valence electrons. The van der Waals surface area contributed by atoms with E-state index in [1.807, 2.05) is 0 Å². The number of hydrogen-bond acceptors (Lipinski definition) is 3. The summed E-state index contributed by atoms with van der Waals surface area (Å²) in [4.78, 5) is 2.59. The van der Waals surface area contributed by atoms with Crippen molar-refractivity contribution in [1.29, 1.82) is 0 Å². The molecule has 1 aliphatic heterocycles. The van der Waals surface area contributed by atoms with Crippen LogP contribution in [0.3, 0.4) is 0 Å². The number of likely N-dealkylation sites (tertiary alicyclic amines) is 1. The molecule has 0 amide bonds. The first-order valence-electron chi connectivity index (χ1n) is 6.14. The summed E-state index contributed by atoms with van der Waals surface area (Å²) in [5.74, 6) is 0.592. The molecule has 4 unspecified atom stereocenters. The highest BCUT2D eigenvalue weighted by Gasteiger charge is 2.33. The third kappa shape index (κ3) is 2.17. The predicted octanol–water partition coefficient (Wildman–Crippen LogP) is 2.87. The molecule has 2 heterocycles. The first-order valence-corrected chi connectivity index (χ1v) is 7.09. The van der Waals surface area contributed by atoms with Gasteiger partial charge < -0.3 is 5.73 Å². The van der Waals surface area contributed by atoms with Gasteiger partial charge in [-0.1, -0.05) is 6.92 Å². The van der Waals surface area contributed by atoms with Crippen LogP contribution in [0.4, 0.5) is 0 Å². The minimum Gasteiger partial charge on any atom is -0.327 e. The van der Waals surface area contributed by atoms with E-state index in [0.717, 1.165) is 13.0 Å². The number of nitrogens with zero attached hydrogens (tertiary/aromatic N) is 1. The van der Waals surface area contributed by atoms with Gasteiger partial charge >= 0.3 is 0 Å². The van der Waals surface area contributed by atoms with Gasteiger partial charge in [0.05, 0.1) is 0 Å². The first kappa shape index (κ1) is 12.1. The fourth-order valence-electron chi connectivity index (χ4n) is 2.67. The van der Waals surface area contributed by atoms with Gasteiger partial charge in [0.15, 0.2) is 0 Å². The molecule has 2 rings (SSSR count). The SMILES string of the molecule is CC1C(N)CCN(C(C)c2ccsc2)C1C. The Morgan fingerprint density at radius 1 is 1.50 bits per heavy atom. The molecule has 0 aromatic carbocycles. The number of hydrogen-bond donors (Lipinski definition) is 1. The maximum absolute atomic E-state index is 6.13. The molecule has 4 atom stereocenters. The average molecular weight is 238 g/mol. The van der Waals surface area contributed by atoms with E-state index in [1.165, 1.54) is 5.56 Å². The van der Waals surface area contributed by atoms with Crippen LogP contribution in [0.15, 0.2) is 16.8 Å². The molecule has 0 saturated carbocycles. The smallest absolute Gasteiger partial charge is 0.0331 e. The topological polar surface area (TPSA) is 29.3 Å². The second-order valence-electron chi connectivity index (χ2n) is 5.02. The molecule has 1 aliphatic rings. The van der Waals surface area contributed by atoms with E-state index >= 15 is 0 Å². The Bertz CT molecular complexity index is 323. The normalized spacial score (nSPS) is 33.9. The molecule has 1 fully saturated rings. The predicted molar refractivity (Wildman–Crippen MR) is 70.7 cm³/mol. The van der Waals surface area contributed by atoms with Gasteiger partial charge in [-0.2, -0.15) is 11.3 Å². The largest absolute Gasteiger partial charge is 0.327 e. The Morgan fingerprint density at radius 2 is 2.25 bits per heavy atom. The Kier molecular flexibility index (Phi) is 3.67. The standard InChI is InChI=1S/C13H22N2S/c1-9-10(2)15(6-4-13(9)14)11(3)12-5-7-16-8-12/h5,7-11,13H,4,6,14H2,1-3H3. The lowest BCUT2D eigenvalue weighted by molar-refractivity contribution is 0.0628. The number of nitrogens with two attached hydrogens (primary N) is 1. The highest BCUT2D eigenvalue weighted by molar-refractivity contribution is 7.07. The lowest BCUT2D eigenvalue weighted by Gasteiger charge is -2.44. The minimum atomic E-state index is 0.376. The summed E-state index contributed by atoms with van der Waals surface area (Å²) in [5.41, 5.74) is 7.57. The Labute approximate surface area is 102 Å². The van der Waals surface area contributed by atoms with Gasteiger partial charge in [0.25, 0.3) is 0 Å². The number of thiophene rings is 1. The molecule has 0 radical (unpaired) electrons. The van der Waals surface area contributed by atoms with Crippen LogP contribution in [0.25, 0.3) is 0 Å². The van der Waals surface area contributed by atoms with Crippen molar-refractivity contribution in [1.82, 2.24) is 4.90 Å². The van der Waals surface area contributed by atoms with Crippen LogP contribution >= 0.6 is 11.3 Å². The Hall–Kier alpha value is -0.380. The van der Waals surface area contributed by atoms with Gasteiger partial charge in [-0.15, -0.1) is 0 Å². The summed E-state index contributed by atoms with van der Waals surface area (Å²) >= 11 is 1.78. The molecule has 1 aromatic heterocycles. The van der Waals surface area contributed by atoms with Gasteiger partial charge in [-0.25, -0.2) is 0 Å². The summed E-state index contributed by atoms with van der Waals surface area (Å²) < 4.78 is 0. The third-order valence-electron chi connectivity index (χ3n) is 4.20. The van der Waals surface area contributed by atoms with Gasteiger partial charge in [0.2, 0.25) is 0 Å². The summed E-state index contributed by atoms with van der Waals surface area (Å²) in [6, 6.07) is 3.72. The molecule has 0 spiro atoms. The van der Waals surface area contributed by atoms with Crippen molar-refractivity contribution < 1.29 is 0 Å². The zero-order valence-corrected chi connectivity index (χ0v) is 11.2. The summed E-state index contributed by atoms with van der Waals surface area (Å²) in [6.45, 7) is 8.03. The Balaban J connectivity index is 2.10. The van der Waals surface area contributed by atoms with Crippen molar-refractivity contribution in [3.05, 3.63) is 22.4 Å². The molecular weight excluding hydrogens is 216 g/mol. The monoisotopic (exact) mass is 238 g/mol. The summed E-state index contributed by atoms with van der Waals surface area (Å²) in [7, 11) is 0. The number of rotatable bonds is 2. The van der Waals surface area contributed by atoms with Crippen molar-refractivity contribution in [3.8, 4) is 0 Å². The molecular formula is C13H22N2S. The average Bonchev–Trinajstić information content (AvgIpc) is 2.79. The van der Waals surface area contributed by atoms with Crippen molar-refractivity contribution in [2.45, 2.75) is 45.3 Å². The summed E-state index contributed by atoms with van der Waals surface area (Å²) in [5, 5.41) is 4.42. The lowest BCUT2D eigenvalue weighted by atomic mass is 9.86. The zero-order chi connectivity index (χ0) is 11.7. The van der Waals surface area contributed by atoms with Crippen molar-refractivity contribution in [2.75, 3.05) is 6.54 Å². The third-order valence-corrected chi connectivity index (χ3v) is 4.90. The van der Waals surface area contributed by atoms with Crippen LogP contribution in [0.2, 0.25) is 0 Å². The van der Waals surface area contributed by atoms with Crippen LogP contribution < -0.4 is 5.73 Å². The maximum Gasteiger partial charge on any atom is 0.0331 e. The zero-order valence-electron chi connectivity index (χ0n) is 10.4. The van der Waals surface area contributed by atoms with E-state index in [4.69, 9.17) is 5.73 Å². The fraction of sp³-hybridized carbons (Fsp3) is 0.692. The highest BCUT2D eigenvalue weighted by Crippen LogP contribution is 2.31. The molecule has 0 aliphatic carbocycles. The van der Waals surface area contributed by atoms with Crippen LogP contribution in [-0.4, -0.2) is 23.5 Å². The second kappa shape index (κ2) is 4.86. The van der Waals surface area contributed by atoms with E-state index in [2.05, 4.69) is 42.5 Å². The van der Waals surface area contributed by atoms with E-state index < -0.39 is 0 Å². The van der Waals surface area contributed by atoms with Crippen LogP contribution in [0.5, 0.6) is 0 Å². The Morgan fingerprint density at radius 3 is 2.88 bits per heavy atom. The van der Waals surface area contributed by atoms with Crippen molar-refractivity contribution >= 4 is 11.3 Å². The lowest BCUT2D eigenvalue weighted by Crippen LogP contribution is -2.52. The first-order chi connectivity index (χ1) is 7.61. The highest BCUT2D eigenvalue weighted by atomic mass is 32.1. The van der Waals surface area contributed by atoms with Gasteiger partial charge in [-0.3, -0.25) is 4.90 Å². The summed E-state index contributed by atoms with van der Waals surface area (Å²) in [6.07, 6.45) is 1.12. The molecule has 16 heavy (non-hydrogen) atoms. The molecule has 2 N–H and O–H groups in total. The van der Waals surface area contributed by atoms with Crippen molar-refractivity contribution in [3.63, 3.8) is 0 Å².